The maximum atomic E-state index is 11.7. The second-order valence-corrected chi connectivity index (χ2v) is 4.02. The third kappa shape index (κ3) is 4.06. The fourth-order valence-corrected chi connectivity index (χ4v) is 1.77. The first-order valence-corrected chi connectivity index (χ1v) is 5.77. The predicted octanol–water partition coefficient (Wildman–Crippen LogP) is 3.85. The number of halogens is 1. The average Bonchev–Trinajstić information content (AvgIpc) is 2.30. The molecule has 0 N–H and O–H groups in total. The van der Waals surface area contributed by atoms with E-state index in [1.807, 2.05) is 6.92 Å². The van der Waals surface area contributed by atoms with Crippen molar-refractivity contribution < 1.29 is 4.79 Å². The van der Waals surface area contributed by atoms with Gasteiger partial charge in [-0.3, -0.25) is 4.79 Å². The number of carbonyl (C=O) groups excluding carboxylic acids is 1. The molecule has 1 aromatic heterocycles. The van der Waals surface area contributed by atoms with Gasteiger partial charge in [-0.15, -0.1) is 0 Å². The number of azide groups is 1. The van der Waals surface area contributed by atoms with Crippen molar-refractivity contribution in [2.45, 2.75) is 32.1 Å². The van der Waals surface area contributed by atoms with Gasteiger partial charge < -0.3 is 0 Å². The second-order valence-electron chi connectivity index (χ2n) is 3.63. The minimum Gasteiger partial charge on any atom is -0.292 e. The smallest absolute Gasteiger partial charge is 0.226 e. The lowest BCUT2D eigenvalue weighted by Gasteiger charge is -2.13. The van der Waals surface area contributed by atoms with E-state index in [-0.39, 0.29) is 0 Å². The van der Waals surface area contributed by atoms with E-state index in [4.69, 9.17) is 17.1 Å². The summed E-state index contributed by atoms with van der Waals surface area (Å²) in [6.45, 7) is 2.04. The number of hydrogen-bond acceptors (Lipinski definition) is 2. The number of unbranched alkanes of at least 4 members (excludes halogenated alkanes) is 1. The van der Waals surface area contributed by atoms with E-state index in [2.05, 4.69) is 15.0 Å². The molecule has 0 saturated heterocycles. The lowest BCUT2D eigenvalue weighted by atomic mass is 9.94. The molecule has 1 atom stereocenters. The number of pyridine rings is 1. The van der Waals surface area contributed by atoms with Gasteiger partial charge in [0.15, 0.2) is 0 Å². The van der Waals surface area contributed by atoms with E-state index in [1.165, 1.54) is 0 Å². The number of rotatable bonds is 5. The van der Waals surface area contributed by atoms with Crippen LogP contribution in [-0.2, 0) is 4.79 Å². The molecule has 1 aromatic rings. The summed E-state index contributed by atoms with van der Waals surface area (Å²) in [7, 11) is 0. The summed E-state index contributed by atoms with van der Waals surface area (Å²) >= 11 is 5.78. The van der Waals surface area contributed by atoms with Crippen LogP contribution in [0.1, 0.15) is 37.7 Å². The molecule has 0 fully saturated rings. The summed E-state index contributed by atoms with van der Waals surface area (Å²) < 4.78 is 0. The van der Waals surface area contributed by atoms with Gasteiger partial charge in [0.1, 0.15) is 5.15 Å². The summed E-state index contributed by atoms with van der Waals surface area (Å²) in [6, 6.07) is 3.35. The summed E-state index contributed by atoms with van der Waals surface area (Å²) in [6.07, 6.45) is 4.05. The quantitative estimate of drug-likeness (QED) is 0.345. The summed E-state index contributed by atoms with van der Waals surface area (Å²) in [5.74, 6) is -0.894. The monoisotopic (exact) mass is 252 g/mol. The Morgan fingerprint density at radius 1 is 1.71 bits per heavy atom. The number of carbonyl (C=O) groups is 1. The third-order valence-corrected chi connectivity index (χ3v) is 2.65. The number of amides is 1. The molecule has 0 spiro atoms. The molecule has 0 saturated carbocycles. The molecule has 0 radical (unpaired) electrons. The van der Waals surface area contributed by atoms with Crippen LogP contribution in [0, 0.1) is 0 Å². The molecule has 90 valence electrons. The van der Waals surface area contributed by atoms with E-state index in [9.17, 15) is 4.79 Å². The van der Waals surface area contributed by atoms with E-state index < -0.39 is 11.8 Å². The Morgan fingerprint density at radius 3 is 3.06 bits per heavy atom. The van der Waals surface area contributed by atoms with Crippen LogP contribution in [0.5, 0.6) is 0 Å². The standard InChI is InChI=1S/C11H13ClN4O/c1-2-3-4-9(11(17)15-16-13)8-5-6-14-10(12)7-8/h5-7,9H,2-4H2,1H3. The maximum absolute atomic E-state index is 11.7. The molecule has 5 nitrogen and oxygen atoms in total. The van der Waals surface area contributed by atoms with Crippen molar-refractivity contribution in [2.24, 2.45) is 5.11 Å². The topological polar surface area (TPSA) is 78.7 Å². The Labute approximate surface area is 104 Å². The molecule has 0 aliphatic rings. The van der Waals surface area contributed by atoms with Crippen LogP contribution in [-0.4, -0.2) is 10.9 Å². The molecule has 6 heteroatoms. The van der Waals surface area contributed by atoms with Crippen molar-refractivity contribution in [2.75, 3.05) is 0 Å². The average molecular weight is 253 g/mol. The van der Waals surface area contributed by atoms with Gasteiger partial charge in [0.05, 0.1) is 0 Å². The zero-order valence-corrected chi connectivity index (χ0v) is 10.3. The molecule has 0 bridgehead atoms. The Morgan fingerprint density at radius 2 is 2.47 bits per heavy atom. The van der Waals surface area contributed by atoms with Gasteiger partial charge in [0.2, 0.25) is 5.91 Å². The zero-order valence-electron chi connectivity index (χ0n) is 9.51. The summed E-state index contributed by atoms with van der Waals surface area (Å²) in [5, 5.41) is 3.49. The third-order valence-electron chi connectivity index (χ3n) is 2.44. The highest BCUT2D eigenvalue weighted by molar-refractivity contribution is 6.29. The molecule has 1 unspecified atom stereocenters. The highest BCUT2D eigenvalue weighted by Crippen LogP contribution is 2.25. The number of nitrogens with zero attached hydrogens (tertiary/aromatic N) is 4. The highest BCUT2D eigenvalue weighted by Gasteiger charge is 2.19. The van der Waals surface area contributed by atoms with Crippen LogP contribution in [0.4, 0.5) is 0 Å². The van der Waals surface area contributed by atoms with Crippen molar-refractivity contribution in [1.82, 2.24) is 4.98 Å². The fraction of sp³-hybridized carbons (Fsp3) is 0.455. The van der Waals surface area contributed by atoms with Crippen LogP contribution in [0.3, 0.4) is 0 Å². The van der Waals surface area contributed by atoms with Crippen molar-refractivity contribution in [3.05, 3.63) is 39.5 Å². The maximum Gasteiger partial charge on any atom is 0.226 e. The zero-order chi connectivity index (χ0) is 12.7. The van der Waals surface area contributed by atoms with Gasteiger partial charge >= 0.3 is 0 Å². The van der Waals surface area contributed by atoms with Crippen LogP contribution >= 0.6 is 11.6 Å². The lowest BCUT2D eigenvalue weighted by molar-refractivity contribution is -0.119. The molecule has 0 aliphatic heterocycles. The molecule has 0 aromatic carbocycles. The van der Waals surface area contributed by atoms with Crippen LogP contribution in [0.15, 0.2) is 23.4 Å². The molecule has 1 heterocycles. The normalized spacial score (nSPS) is 11.6. The van der Waals surface area contributed by atoms with E-state index in [0.29, 0.717) is 11.6 Å². The molecular formula is C11H13ClN4O. The summed E-state index contributed by atoms with van der Waals surface area (Å²) in [5.41, 5.74) is 9.06. The Bertz CT molecular complexity index is 443. The Kier molecular flexibility index (Phi) is 5.46. The lowest BCUT2D eigenvalue weighted by Crippen LogP contribution is -2.10. The molecule has 17 heavy (non-hydrogen) atoms. The Hall–Kier alpha value is -1.58. The SMILES string of the molecule is CCCCC(C(=O)N=[N+]=[N-])c1ccnc(Cl)c1. The molecule has 1 rings (SSSR count). The molecular weight excluding hydrogens is 240 g/mol. The predicted molar refractivity (Wildman–Crippen MR) is 65.7 cm³/mol. The van der Waals surface area contributed by atoms with Gasteiger partial charge in [-0.05, 0) is 34.8 Å². The van der Waals surface area contributed by atoms with Crippen LogP contribution < -0.4 is 0 Å². The second kappa shape index (κ2) is 6.89. The first-order valence-electron chi connectivity index (χ1n) is 5.39. The number of aromatic nitrogens is 1. The molecule has 0 aliphatic carbocycles. The van der Waals surface area contributed by atoms with Crippen molar-refractivity contribution in [3.8, 4) is 0 Å². The minimum atomic E-state index is -0.469. The highest BCUT2D eigenvalue weighted by atomic mass is 35.5. The van der Waals surface area contributed by atoms with Crippen molar-refractivity contribution >= 4 is 17.5 Å². The van der Waals surface area contributed by atoms with Gasteiger partial charge in [-0.2, -0.15) is 0 Å². The van der Waals surface area contributed by atoms with Gasteiger partial charge in [-0.1, -0.05) is 31.4 Å². The largest absolute Gasteiger partial charge is 0.292 e. The first kappa shape index (κ1) is 13.5. The van der Waals surface area contributed by atoms with Gasteiger partial charge in [0, 0.05) is 17.0 Å². The van der Waals surface area contributed by atoms with Gasteiger partial charge in [0.25, 0.3) is 0 Å². The first-order chi connectivity index (χ1) is 8.19. The molecule has 1 amide bonds. The van der Waals surface area contributed by atoms with E-state index in [1.54, 1.807) is 18.3 Å². The van der Waals surface area contributed by atoms with Gasteiger partial charge in [-0.25, -0.2) is 4.98 Å². The van der Waals surface area contributed by atoms with Crippen molar-refractivity contribution in [1.29, 1.82) is 0 Å². The van der Waals surface area contributed by atoms with E-state index in [0.717, 1.165) is 18.4 Å². The Balaban J connectivity index is 2.96. The van der Waals surface area contributed by atoms with Crippen LogP contribution in [0.25, 0.3) is 10.4 Å². The number of hydrogen-bond donors (Lipinski definition) is 0. The summed E-state index contributed by atoms with van der Waals surface area (Å²) in [4.78, 5) is 18.1. The van der Waals surface area contributed by atoms with Crippen LogP contribution in [0.2, 0.25) is 5.15 Å². The fourth-order valence-electron chi connectivity index (χ4n) is 1.59. The van der Waals surface area contributed by atoms with Crippen molar-refractivity contribution in [3.63, 3.8) is 0 Å². The minimum absolute atomic E-state index is 0.331. The van der Waals surface area contributed by atoms with E-state index >= 15 is 0 Å².